The van der Waals surface area contributed by atoms with E-state index in [0.717, 1.165) is 9.75 Å². The molecule has 3 aromatic heterocycles. The molecule has 4 aliphatic rings. The molecule has 3 aromatic rings. The number of pyridine rings is 2. The average molecular weight is 1010 g/mol. The Hall–Kier alpha value is -4.53. The van der Waals surface area contributed by atoms with Crippen LogP contribution >= 0.6 is 11.3 Å². The summed E-state index contributed by atoms with van der Waals surface area (Å²) >= 11 is 1.49. The first kappa shape index (κ1) is 55.8. The topological polar surface area (TPSA) is 238 Å². The van der Waals surface area contributed by atoms with Crippen LogP contribution in [-0.2, 0) is 55.8 Å². The number of hydrogen-bond acceptors (Lipinski definition) is 17. The lowest BCUT2D eigenvalue weighted by Crippen LogP contribution is -2.60. The summed E-state index contributed by atoms with van der Waals surface area (Å²) in [7, 11) is 3.75. The number of carbonyl (C=O) groups excluding carboxylic acids is 3. The Balaban J connectivity index is 1.54. The van der Waals surface area contributed by atoms with Gasteiger partial charge in [-0.15, -0.1) is 11.3 Å². The van der Waals surface area contributed by atoms with Crippen molar-refractivity contribution in [2.24, 2.45) is 34.6 Å². The van der Waals surface area contributed by atoms with Crippen LogP contribution in [0.1, 0.15) is 105 Å². The van der Waals surface area contributed by atoms with E-state index in [4.69, 9.17) is 39.1 Å². The highest BCUT2D eigenvalue weighted by Crippen LogP contribution is 2.44. The number of aliphatic imine (C=N–C) groups is 1. The summed E-state index contributed by atoms with van der Waals surface area (Å²) in [5.41, 5.74) is 4.67. The van der Waals surface area contributed by atoms with Gasteiger partial charge in [0, 0.05) is 41.6 Å². The largest absolute Gasteiger partial charge is 0.461 e. The van der Waals surface area contributed by atoms with Crippen LogP contribution in [0.3, 0.4) is 0 Å². The van der Waals surface area contributed by atoms with Gasteiger partial charge in [0.1, 0.15) is 29.7 Å². The Labute approximate surface area is 422 Å². The zero-order chi connectivity index (χ0) is 51.9. The van der Waals surface area contributed by atoms with Gasteiger partial charge < -0.3 is 54.7 Å². The summed E-state index contributed by atoms with van der Waals surface area (Å²) in [6.45, 7) is 15.8. The number of aromatic nitrogens is 2. The van der Waals surface area contributed by atoms with Gasteiger partial charge in [-0.1, -0.05) is 39.8 Å². The van der Waals surface area contributed by atoms with Crippen LogP contribution in [0.25, 0.3) is 10.6 Å². The fraction of sp³-hybridized carbons (Fsp3) is 0.642. The Morgan fingerprint density at radius 3 is 2.46 bits per heavy atom. The number of likely N-dealkylation sites (N-methyl/N-ethyl adjacent to an activating group) is 1. The molecule has 18 heteroatoms. The van der Waals surface area contributed by atoms with Crippen LogP contribution in [0, 0.1) is 35.0 Å². The van der Waals surface area contributed by atoms with Gasteiger partial charge in [0.05, 0.1) is 71.4 Å². The first-order chi connectivity index (χ1) is 33.5. The highest BCUT2D eigenvalue weighted by atomic mass is 32.1. The number of thiophene rings is 1. The van der Waals surface area contributed by atoms with E-state index in [-0.39, 0.29) is 63.2 Å². The smallest absolute Gasteiger partial charge is 0.312 e. The second-order valence-electron chi connectivity index (χ2n) is 20.6. The van der Waals surface area contributed by atoms with Gasteiger partial charge in [0.15, 0.2) is 6.29 Å². The van der Waals surface area contributed by atoms with Gasteiger partial charge in [-0.3, -0.25) is 19.4 Å². The van der Waals surface area contributed by atoms with Gasteiger partial charge in [-0.2, -0.15) is 0 Å². The van der Waals surface area contributed by atoms with Gasteiger partial charge >= 0.3 is 11.9 Å². The number of ether oxygens (including phenoxy) is 6. The maximum Gasteiger partial charge on any atom is 0.312 e. The number of amides is 1. The number of esters is 2. The first-order valence-electron chi connectivity index (χ1n) is 24.9. The number of carbonyl (C=O) groups is 3. The number of nitrogen functional groups attached to an aromatic ring is 1. The molecule has 4 saturated heterocycles. The summed E-state index contributed by atoms with van der Waals surface area (Å²) in [5.74, 6) is -5.38. The van der Waals surface area contributed by atoms with Crippen LogP contribution in [0.5, 0.6) is 0 Å². The van der Waals surface area contributed by atoms with Crippen molar-refractivity contribution >= 4 is 46.4 Å². The van der Waals surface area contributed by atoms with E-state index < -0.39 is 95.4 Å². The lowest BCUT2D eigenvalue weighted by molar-refractivity contribution is -0.302. The molecule has 71 heavy (non-hydrogen) atoms. The third-order valence-corrected chi connectivity index (χ3v) is 15.8. The van der Waals surface area contributed by atoms with E-state index in [1.165, 1.54) is 18.3 Å². The quantitative estimate of drug-likeness (QED) is 0.144. The molecule has 1 amide bonds. The van der Waals surface area contributed by atoms with Crippen molar-refractivity contribution in [3.8, 4) is 10.6 Å². The average Bonchev–Trinajstić information content (AvgIpc) is 3.79. The second-order valence-corrected chi connectivity index (χ2v) is 21.8. The predicted molar refractivity (Wildman–Crippen MR) is 271 cm³/mol. The van der Waals surface area contributed by atoms with Gasteiger partial charge in [-0.25, -0.2) is 9.98 Å². The van der Waals surface area contributed by atoms with Crippen molar-refractivity contribution in [3.05, 3.63) is 65.3 Å². The molecular formula is C53H76N6O11S. The van der Waals surface area contributed by atoms with Crippen LogP contribution in [0.2, 0.25) is 0 Å². The van der Waals surface area contributed by atoms with Crippen molar-refractivity contribution in [1.29, 1.82) is 5.41 Å². The zero-order valence-corrected chi connectivity index (χ0v) is 44.0. The van der Waals surface area contributed by atoms with Crippen LogP contribution in [-0.4, -0.2) is 135 Å². The fourth-order valence-corrected chi connectivity index (χ4v) is 11.9. The van der Waals surface area contributed by atoms with Crippen molar-refractivity contribution in [2.45, 2.75) is 168 Å². The lowest BCUT2D eigenvalue weighted by Gasteiger charge is -2.48. The molecule has 0 aliphatic carbocycles. The molecule has 390 valence electrons. The second kappa shape index (κ2) is 24.0. The van der Waals surface area contributed by atoms with E-state index in [2.05, 4.69) is 9.97 Å². The highest BCUT2D eigenvalue weighted by Gasteiger charge is 2.54. The summed E-state index contributed by atoms with van der Waals surface area (Å²) in [6, 6.07) is 14.2. The van der Waals surface area contributed by atoms with Crippen molar-refractivity contribution < 1.29 is 53.0 Å². The minimum Gasteiger partial charge on any atom is -0.461 e. The molecule has 4 aliphatic heterocycles. The van der Waals surface area contributed by atoms with Gasteiger partial charge in [-0.05, 0) is 122 Å². The SMILES string of the molecule is CC[C@H]1OC(=O)[C@H](C)[C@@H](OC(=O)Cc2ccccn2)[C@H](C)[C@@H](O[C@@H]2O[C@H](C)C[C@H](N(C)C)[C@H]2O)[C@@]2(C)C[C@@H](C)C(=NC(C)=O)[C@H](OCc3ccc(-c4cccc(N)n4)s3)[C@H](C)[C@H](CCC(=N)CO2)[C@]1(C)O. The predicted octanol–water partition coefficient (Wildman–Crippen LogP) is 6.85. The van der Waals surface area contributed by atoms with E-state index >= 15 is 0 Å². The van der Waals surface area contributed by atoms with Crippen LogP contribution < -0.4 is 5.73 Å². The molecule has 5 N–H and O–H groups in total. The Kier molecular flexibility index (Phi) is 18.9. The Morgan fingerprint density at radius 1 is 1.06 bits per heavy atom. The number of rotatable bonds is 11. The first-order valence-corrected chi connectivity index (χ1v) is 25.7. The number of aliphatic hydroxyl groups excluding tert-OH is 1. The number of nitrogens with two attached hydrogens (primary N) is 1. The molecule has 0 spiro atoms. The van der Waals surface area contributed by atoms with E-state index in [9.17, 15) is 30.0 Å². The lowest BCUT2D eigenvalue weighted by atomic mass is 9.69. The number of hydrogen-bond donors (Lipinski definition) is 4. The number of fused-ring (bicyclic) bond motifs is 15. The minimum atomic E-state index is -1.73. The van der Waals surface area contributed by atoms with Crippen molar-refractivity contribution in [1.82, 2.24) is 14.9 Å². The van der Waals surface area contributed by atoms with Gasteiger partial charge in [0.25, 0.3) is 0 Å². The van der Waals surface area contributed by atoms with E-state index in [0.29, 0.717) is 29.3 Å². The van der Waals surface area contributed by atoms with Crippen molar-refractivity contribution in [3.63, 3.8) is 0 Å². The zero-order valence-electron chi connectivity index (χ0n) is 43.2. The third kappa shape index (κ3) is 13.6. The molecule has 0 radical (unpaired) electrons. The van der Waals surface area contributed by atoms with Gasteiger partial charge in [0.2, 0.25) is 5.91 Å². The highest BCUT2D eigenvalue weighted by molar-refractivity contribution is 7.15. The Morgan fingerprint density at radius 2 is 1.80 bits per heavy atom. The normalized spacial score (nSPS) is 35.2. The maximum atomic E-state index is 14.8. The van der Waals surface area contributed by atoms with Crippen molar-refractivity contribution in [2.75, 3.05) is 26.4 Å². The number of aliphatic hydroxyl groups is 2. The van der Waals surface area contributed by atoms with E-state index in [1.54, 1.807) is 51.2 Å². The minimum absolute atomic E-state index is 0.0970. The molecule has 17 nitrogen and oxygen atoms in total. The molecule has 4 fully saturated rings. The third-order valence-electron chi connectivity index (χ3n) is 14.7. The molecule has 0 unspecified atom stereocenters. The van der Waals surface area contributed by atoms with Crippen LogP contribution in [0.15, 0.2) is 59.7 Å². The molecule has 7 heterocycles. The molecule has 7 rings (SSSR count). The fourth-order valence-electron chi connectivity index (χ4n) is 11.0. The summed E-state index contributed by atoms with van der Waals surface area (Å²) in [5, 5.41) is 34.4. The number of nitrogens with zero attached hydrogens (tertiary/aromatic N) is 4. The molecule has 2 bridgehead atoms. The molecule has 15 atom stereocenters. The molecular weight excluding hydrogens is 929 g/mol. The number of nitrogens with one attached hydrogen (secondary N) is 1. The molecule has 0 aromatic carbocycles. The maximum absolute atomic E-state index is 14.8. The molecule has 0 saturated carbocycles. The van der Waals surface area contributed by atoms with E-state index in [1.807, 2.05) is 77.9 Å². The summed E-state index contributed by atoms with van der Waals surface area (Å²) in [6.07, 6.45) is -4.44. The monoisotopic (exact) mass is 1000 g/mol. The number of anilines is 1. The van der Waals surface area contributed by atoms with Crippen LogP contribution in [0.4, 0.5) is 5.82 Å². The summed E-state index contributed by atoms with van der Waals surface area (Å²) < 4.78 is 40.3. The Bertz CT molecular complexity index is 2330. The summed E-state index contributed by atoms with van der Waals surface area (Å²) in [4.78, 5) is 59.6. The standard InChI is InChI=1S/C53H76N6O11S/c1-12-42-53(9,64)38-21-19-35(54)27-66-52(8,26-29(2)45(57-34(7)60)48(31(38)4)65-28-37-20-22-41(71-37)39-17-15-18-43(55)58-39)49(70-51-46(62)40(59(10)11)24-30(3)67-51)32(5)47(33(6)50(63)68-42)69-44(61)25-36-16-13-14-23-56-36/h13-18,20,22-23,29-33,38,40,42,46-49,51,54,62,64H,12,19,21,24-28H2,1-11H3,(H2,55,58)/t29-,30-,31-,32+,33-,38+,40+,42-,46-,47+,48-,49-,51+,52-,53+/m1/s1.